The second kappa shape index (κ2) is 12.1. The zero-order chi connectivity index (χ0) is 25.3. The Morgan fingerprint density at radius 2 is 1.09 bits per heavy atom. The molecule has 0 aromatic heterocycles. The minimum atomic E-state index is -1.25. The van der Waals surface area contributed by atoms with Gasteiger partial charge in [-0.15, -0.1) is 0 Å². The quantitative estimate of drug-likeness (QED) is 0.254. The van der Waals surface area contributed by atoms with Gasteiger partial charge in [-0.2, -0.15) is 0 Å². The van der Waals surface area contributed by atoms with Crippen molar-refractivity contribution in [2.75, 3.05) is 13.2 Å². The zero-order valence-corrected chi connectivity index (χ0v) is 19.0. The third-order valence-corrected chi connectivity index (χ3v) is 5.56. The van der Waals surface area contributed by atoms with Crippen LogP contribution in [0.2, 0.25) is 0 Å². The Morgan fingerprint density at radius 1 is 0.714 bits per heavy atom. The summed E-state index contributed by atoms with van der Waals surface area (Å²) < 4.78 is 10.3. The minimum Gasteiger partial charge on any atom is -0.425 e. The number of ether oxygens (including phenoxy) is 2. The van der Waals surface area contributed by atoms with Crippen LogP contribution in [0.25, 0.3) is 0 Å². The van der Waals surface area contributed by atoms with E-state index in [1.165, 1.54) is 0 Å². The first-order valence-corrected chi connectivity index (χ1v) is 11.2. The molecule has 2 aromatic rings. The first kappa shape index (κ1) is 25.9. The Labute approximate surface area is 202 Å². The molecule has 1 aliphatic carbocycles. The lowest BCUT2D eigenvalue weighted by Gasteiger charge is -2.20. The fourth-order valence-corrected chi connectivity index (χ4v) is 3.47. The molecule has 0 heterocycles. The van der Waals surface area contributed by atoms with Crippen molar-refractivity contribution < 1.29 is 38.9 Å². The number of hydrogen-bond acceptors (Lipinski definition) is 8. The van der Waals surface area contributed by atoms with E-state index < -0.39 is 54.5 Å². The number of benzene rings is 2. The highest BCUT2D eigenvalue weighted by molar-refractivity contribution is 5.88. The van der Waals surface area contributed by atoms with E-state index in [-0.39, 0.29) is 24.3 Å². The van der Waals surface area contributed by atoms with Gasteiger partial charge in [0.2, 0.25) is 11.8 Å². The molecule has 4 N–H and O–H groups in total. The number of para-hydroxylation sites is 2. The molecule has 0 radical (unpaired) electrons. The van der Waals surface area contributed by atoms with Crippen LogP contribution in [-0.4, -0.2) is 59.3 Å². The van der Waals surface area contributed by atoms with Gasteiger partial charge in [0.05, 0.1) is 13.2 Å². The maximum atomic E-state index is 12.5. The van der Waals surface area contributed by atoms with Crippen LogP contribution in [0.5, 0.6) is 11.5 Å². The number of amides is 2. The van der Waals surface area contributed by atoms with Gasteiger partial charge in [0, 0.05) is 12.8 Å². The molecule has 35 heavy (non-hydrogen) atoms. The van der Waals surface area contributed by atoms with E-state index in [1.807, 2.05) is 0 Å². The minimum absolute atomic E-state index is 0.0478. The zero-order valence-electron chi connectivity index (χ0n) is 19.0. The summed E-state index contributed by atoms with van der Waals surface area (Å²) in [6.45, 7) is -1.29. The number of carbonyl (C=O) groups excluding carboxylic acids is 4. The van der Waals surface area contributed by atoms with Gasteiger partial charge in [0.15, 0.2) is 12.1 Å². The van der Waals surface area contributed by atoms with Crippen molar-refractivity contribution in [1.29, 1.82) is 0 Å². The maximum Gasteiger partial charge on any atom is 0.336 e. The molecule has 10 nitrogen and oxygen atoms in total. The number of rotatable bonds is 12. The third kappa shape index (κ3) is 7.90. The lowest BCUT2D eigenvalue weighted by molar-refractivity contribution is -0.141. The van der Waals surface area contributed by atoms with Crippen LogP contribution < -0.4 is 20.1 Å². The van der Waals surface area contributed by atoms with Crippen molar-refractivity contribution in [1.82, 2.24) is 10.6 Å². The molecule has 0 unspecified atom stereocenters. The molecule has 0 aliphatic heterocycles. The molecule has 2 amide bonds. The van der Waals surface area contributed by atoms with E-state index in [1.54, 1.807) is 60.7 Å². The Bertz CT molecular complexity index is 945. The number of hydrogen-bond donors (Lipinski definition) is 4. The lowest BCUT2D eigenvalue weighted by atomic mass is 9.96. The molecule has 2 aromatic carbocycles. The van der Waals surface area contributed by atoms with Gasteiger partial charge in [-0.25, -0.2) is 9.59 Å². The monoisotopic (exact) mass is 484 g/mol. The standard InChI is InChI=1S/C25H28N2O8/c28-15-19(23(32)34-17-7-3-1-4-8-17)26-21(30)13-25(11-12-25)14-22(31)27-20(16-29)24(33)35-18-9-5-2-6-10-18/h1-10,19-20,28-29H,11-16H2,(H,26,30)(H,27,31)/t19-,20-/m1/s1. The number of esters is 2. The van der Waals surface area contributed by atoms with E-state index in [4.69, 9.17) is 9.47 Å². The number of aliphatic hydroxyl groups excluding tert-OH is 2. The van der Waals surface area contributed by atoms with Gasteiger partial charge in [-0.3, -0.25) is 9.59 Å². The highest BCUT2D eigenvalue weighted by Crippen LogP contribution is 2.51. The van der Waals surface area contributed by atoms with Crippen LogP contribution in [0.3, 0.4) is 0 Å². The van der Waals surface area contributed by atoms with Gasteiger partial charge in [-0.05, 0) is 42.5 Å². The van der Waals surface area contributed by atoms with Crippen LogP contribution in [-0.2, 0) is 19.2 Å². The van der Waals surface area contributed by atoms with Crippen LogP contribution in [0.1, 0.15) is 25.7 Å². The van der Waals surface area contributed by atoms with Crippen LogP contribution in [0.15, 0.2) is 60.7 Å². The molecule has 0 bridgehead atoms. The molecule has 1 aliphatic rings. The van der Waals surface area contributed by atoms with E-state index >= 15 is 0 Å². The summed E-state index contributed by atoms with van der Waals surface area (Å²) in [4.78, 5) is 49.6. The smallest absolute Gasteiger partial charge is 0.336 e. The first-order chi connectivity index (χ1) is 16.8. The predicted octanol–water partition coefficient (Wildman–Crippen LogP) is 0.712. The summed E-state index contributed by atoms with van der Waals surface area (Å²) >= 11 is 0. The summed E-state index contributed by atoms with van der Waals surface area (Å²) in [6, 6.07) is 14.0. The summed E-state index contributed by atoms with van der Waals surface area (Å²) in [5, 5.41) is 23.9. The maximum absolute atomic E-state index is 12.5. The van der Waals surface area contributed by atoms with Crippen molar-refractivity contribution >= 4 is 23.8 Å². The number of carbonyl (C=O) groups is 4. The normalized spacial score (nSPS) is 15.3. The summed E-state index contributed by atoms with van der Waals surface area (Å²) in [7, 11) is 0. The van der Waals surface area contributed by atoms with E-state index in [9.17, 15) is 29.4 Å². The topological polar surface area (TPSA) is 151 Å². The number of nitrogens with one attached hydrogen (secondary N) is 2. The Hall–Kier alpha value is -3.76. The molecule has 3 rings (SSSR count). The highest BCUT2D eigenvalue weighted by Gasteiger charge is 2.46. The average Bonchev–Trinajstić information content (AvgIpc) is 3.60. The third-order valence-electron chi connectivity index (χ3n) is 5.56. The van der Waals surface area contributed by atoms with Crippen LogP contribution in [0.4, 0.5) is 0 Å². The summed E-state index contributed by atoms with van der Waals surface area (Å²) in [5.41, 5.74) is -0.624. The molecule has 186 valence electrons. The SMILES string of the molecule is O=C(CC1(CC(=O)N[C@H](CO)C(=O)Oc2ccccc2)CC1)N[C@H](CO)C(=O)Oc1ccccc1. The Balaban J connectivity index is 1.48. The second-order valence-corrected chi connectivity index (χ2v) is 8.43. The largest absolute Gasteiger partial charge is 0.425 e. The van der Waals surface area contributed by atoms with Crippen LogP contribution in [0, 0.1) is 5.41 Å². The lowest BCUT2D eigenvalue weighted by Crippen LogP contribution is -2.47. The van der Waals surface area contributed by atoms with Crippen molar-refractivity contribution in [3.05, 3.63) is 60.7 Å². The summed E-state index contributed by atoms with van der Waals surface area (Å²) in [5.74, 6) is -2.08. The van der Waals surface area contributed by atoms with Crippen molar-refractivity contribution in [2.45, 2.75) is 37.8 Å². The Kier molecular flexibility index (Phi) is 8.93. The van der Waals surface area contributed by atoms with E-state index in [0.717, 1.165) is 0 Å². The molecule has 0 saturated heterocycles. The molecular formula is C25H28N2O8. The average molecular weight is 485 g/mol. The molecule has 1 saturated carbocycles. The van der Waals surface area contributed by atoms with Gasteiger partial charge in [0.25, 0.3) is 0 Å². The number of aliphatic hydroxyl groups is 2. The molecule has 1 fully saturated rings. The molecule has 2 atom stereocenters. The van der Waals surface area contributed by atoms with E-state index in [0.29, 0.717) is 12.8 Å². The second-order valence-electron chi connectivity index (χ2n) is 8.43. The molecule has 10 heteroatoms. The molecule has 0 spiro atoms. The van der Waals surface area contributed by atoms with Gasteiger partial charge >= 0.3 is 11.9 Å². The predicted molar refractivity (Wildman–Crippen MR) is 123 cm³/mol. The van der Waals surface area contributed by atoms with Gasteiger partial charge < -0.3 is 30.3 Å². The van der Waals surface area contributed by atoms with Crippen LogP contribution >= 0.6 is 0 Å². The van der Waals surface area contributed by atoms with E-state index in [2.05, 4.69) is 10.6 Å². The fourth-order valence-electron chi connectivity index (χ4n) is 3.47. The van der Waals surface area contributed by atoms with Crippen molar-refractivity contribution in [2.24, 2.45) is 5.41 Å². The Morgan fingerprint density at radius 3 is 1.40 bits per heavy atom. The summed E-state index contributed by atoms with van der Waals surface area (Å²) in [6.07, 6.45) is 1.11. The van der Waals surface area contributed by atoms with Crippen molar-refractivity contribution in [3.8, 4) is 11.5 Å². The van der Waals surface area contributed by atoms with Crippen molar-refractivity contribution in [3.63, 3.8) is 0 Å². The fraction of sp³-hybridized carbons (Fsp3) is 0.360. The first-order valence-electron chi connectivity index (χ1n) is 11.2. The highest BCUT2D eigenvalue weighted by atomic mass is 16.5. The van der Waals surface area contributed by atoms with Gasteiger partial charge in [0.1, 0.15) is 11.5 Å². The van der Waals surface area contributed by atoms with Gasteiger partial charge in [-0.1, -0.05) is 36.4 Å². The molecular weight excluding hydrogens is 456 g/mol.